The van der Waals surface area contributed by atoms with Crippen molar-refractivity contribution in [3.05, 3.63) is 23.8 Å². The molecule has 1 aliphatic heterocycles. The lowest BCUT2D eigenvalue weighted by molar-refractivity contribution is 0.111. The maximum Gasteiger partial charge on any atom is 0.279 e. The van der Waals surface area contributed by atoms with Gasteiger partial charge in [0, 0.05) is 24.8 Å². The summed E-state index contributed by atoms with van der Waals surface area (Å²) in [6.07, 6.45) is 7.57. The van der Waals surface area contributed by atoms with Crippen LogP contribution < -0.4 is 5.32 Å². The molecule has 1 amide bonds. The molecule has 0 aromatic heterocycles. The Morgan fingerprint density at radius 3 is 3.00 bits per heavy atom. The number of amides is 1. The largest absolute Gasteiger partial charge is 0.377 e. The summed E-state index contributed by atoms with van der Waals surface area (Å²) < 4.78 is 5.33. The number of allylic oxidation sites excluding steroid dienone is 1. The Morgan fingerprint density at radius 2 is 2.44 bits per heavy atom. The van der Waals surface area contributed by atoms with E-state index in [4.69, 9.17) is 4.74 Å². The molecular formula is C12H17NO2S. The first-order chi connectivity index (χ1) is 7.69. The van der Waals surface area contributed by atoms with E-state index in [1.54, 1.807) is 7.11 Å². The molecule has 2 rings (SSSR count). The highest BCUT2D eigenvalue weighted by atomic mass is 32.2. The van der Waals surface area contributed by atoms with Gasteiger partial charge in [-0.1, -0.05) is 36.9 Å². The van der Waals surface area contributed by atoms with Crippen LogP contribution >= 0.6 is 11.8 Å². The highest BCUT2D eigenvalue weighted by molar-refractivity contribution is 8.13. The van der Waals surface area contributed by atoms with Gasteiger partial charge in [-0.15, -0.1) is 0 Å². The number of ether oxygens (including phenoxy) is 1. The fourth-order valence-corrected chi connectivity index (χ4v) is 2.94. The smallest absolute Gasteiger partial charge is 0.279 e. The Balaban J connectivity index is 1.92. The molecular weight excluding hydrogens is 222 g/mol. The predicted molar refractivity (Wildman–Crippen MR) is 66.6 cm³/mol. The number of carbonyl (C=O) groups excluding carboxylic acids is 1. The van der Waals surface area contributed by atoms with Crippen molar-refractivity contribution in [1.29, 1.82) is 0 Å². The number of methoxy groups -OCH3 is 1. The lowest BCUT2D eigenvalue weighted by atomic mass is 9.92. The topological polar surface area (TPSA) is 38.3 Å². The van der Waals surface area contributed by atoms with Crippen LogP contribution in [-0.4, -0.2) is 30.2 Å². The Bertz CT molecular complexity index is 338. The van der Waals surface area contributed by atoms with Crippen molar-refractivity contribution in [2.24, 2.45) is 5.92 Å². The number of rotatable bonds is 3. The predicted octanol–water partition coefficient (Wildman–Crippen LogP) is 2.35. The third kappa shape index (κ3) is 2.68. The number of thioether (sulfide) groups is 1. The molecule has 0 aromatic carbocycles. The quantitative estimate of drug-likeness (QED) is 0.821. The summed E-state index contributed by atoms with van der Waals surface area (Å²) in [7, 11) is 1.73. The van der Waals surface area contributed by atoms with Crippen molar-refractivity contribution in [1.82, 2.24) is 5.32 Å². The summed E-state index contributed by atoms with van der Waals surface area (Å²) in [6.45, 7) is 2.15. The van der Waals surface area contributed by atoms with Crippen LogP contribution in [0.5, 0.6) is 0 Å². The van der Waals surface area contributed by atoms with E-state index in [0.717, 1.165) is 12.2 Å². The Morgan fingerprint density at radius 1 is 1.62 bits per heavy atom. The molecule has 0 spiro atoms. The second-order valence-corrected chi connectivity index (χ2v) is 5.30. The maximum absolute atomic E-state index is 11.1. The van der Waals surface area contributed by atoms with Gasteiger partial charge in [-0.2, -0.15) is 0 Å². The van der Waals surface area contributed by atoms with Crippen molar-refractivity contribution >= 4 is 17.0 Å². The first kappa shape index (κ1) is 11.7. The minimum Gasteiger partial charge on any atom is -0.377 e. The number of hydrogen-bond donors (Lipinski definition) is 1. The lowest BCUT2D eigenvalue weighted by Crippen LogP contribution is -2.27. The van der Waals surface area contributed by atoms with E-state index >= 15 is 0 Å². The second kappa shape index (κ2) is 5.06. The van der Waals surface area contributed by atoms with E-state index in [1.807, 2.05) is 0 Å². The molecule has 0 radical (unpaired) electrons. The van der Waals surface area contributed by atoms with Crippen molar-refractivity contribution in [3.63, 3.8) is 0 Å². The zero-order valence-electron chi connectivity index (χ0n) is 9.60. The molecule has 88 valence electrons. The fraction of sp³-hybridized carbons (Fsp3) is 0.583. The van der Waals surface area contributed by atoms with Crippen molar-refractivity contribution in [2.45, 2.75) is 25.5 Å². The van der Waals surface area contributed by atoms with Gasteiger partial charge < -0.3 is 10.1 Å². The summed E-state index contributed by atoms with van der Waals surface area (Å²) in [5.74, 6) is 1.29. The fourth-order valence-electron chi connectivity index (χ4n) is 2.13. The zero-order chi connectivity index (χ0) is 11.5. The van der Waals surface area contributed by atoms with Crippen LogP contribution in [0.2, 0.25) is 0 Å². The monoisotopic (exact) mass is 239 g/mol. The molecule has 16 heavy (non-hydrogen) atoms. The summed E-state index contributed by atoms with van der Waals surface area (Å²) in [5, 5.41) is 3.06. The highest BCUT2D eigenvalue weighted by Crippen LogP contribution is 2.24. The van der Waals surface area contributed by atoms with E-state index in [1.165, 1.54) is 17.3 Å². The van der Waals surface area contributed by atoms with Crippen LogP contribution in [0.25, 0.3) is 0 Å². The van der Waals surface area contributed by atoms with Crippen LogP contribution in [0.4, 0.5) is 4.79 Å². The van der Waals surface area contributed by atoms with Crippen LogP contribution in [-0.2, 0) is 4.74 Å². The summed E-state index contributed by atoms with van der Waals surface area (Å²) in [5.41, 5.74) is 1.30. The Hall–Kier alpha value is -0.740. The van der Waals surface area contributed by atoms with Gasteiger partial charge in [0.05, 0.1) is 6.10 Å². The highest BCUT2D eigenvalue weighted by Gasteiger charge is 2.23. The molecule has 3 atom stereocenters. The molecule has 1 unspecified atom stereocenters. The van der Waals surface area contributed by atoms with Gasteiger partial charge in [0.15, 0.2) is 0 Å². The van der Waals surface area contributed by atoms with Gasteiger partial charge in [-0.3, -0.25) is 4.79 Å². The lowest BCUT2D eigenvalue weighted by Gasteiger charge is -2.22. The third-order valence-electron chi connectivity index (χ3n) is 2.99. The standard InChI is InChI=1S/C12H17NO2S/c1-8-5-9(3-4-11(8)15-2)6-10-7-16-12(14)13-10/h3-5,8,10-11H,6-7H2,1-2H3,(H,13,14)/t8?,10-,11-/m0/s1. The van der Waals surface area contributed by atoms with E-state index in [0.29, 0.717) is 12.0 Å². The minimum absolute atomic E-state index is 0.105. The number of carbonyl (C=O) groups is 1. The van der Waals surface area contributed by atoms with Gasteiger partial charge in [-0.25, -0.2) is 0 Å². The van der Waals surface area contributed by atoms with E-state index < -0.39 is 0 Å². The summed E-state index contributed by atoms with van der Waals surface area (Å²) in [6, 6.07) is 0.291. The molecule has 1 aliphatic carbocycles. The first-order valence-electron chi connectivity index (χ1n) is 5.54. The minimum atomic E-state index is 0.105. The normalized spacial score (nSPS) is 33.8. The SMILES string of the molecule is CO[C@H]1C=CC(C[C@H]2CSC(=O)N2)=CC1C. The molecule has 0 saturated carbocycles. The molecule has 4 heteroatoms. The van der Waals surface area contributed by atoms with Crippen LogP contribution in [0.1, 0.15) is 13.3 Å². The first-order valence-corrected chi connectivity index (χ1v) is 6.52. The third-order valence-corrected chi connectivity index (χ3v) is 3.94. The van der Waals surface area contributed by atoms with Gasteiger partial charge in [0.25, 0.3) is 5.24 Å². The van der Waals surface area contributed by atoms with Crippen LogP contribution in [0.3, 0.4) is 0 Å². The molecule has 3 nitrogen and oxygen atoms in total. The molecule has 2 aliphatic rings. The summed E-state index contributed by atoms with van der Waals surface area (Å²) >= 11 is 1.37. The second-order valence-electron chi connectivity index (χ2n) is 4.30. The van der Waals surface area contributed by atoms with Gasteiger partial charge in [-0.05, 0) is 12.0 Å². The number of hydrogen-bond acceptors (Lipinski definition) is 3. The van der Waals surface area contributed by atoms with Gasteiger partial charge in [0.1, 0.15) is 0 Å². The van der Waals surface area contributed by atoms with Crippen LogP contribution in [0, 0.1) is 5.92 Å². The molecule has 0 bridgehead atoms. The van der Waals surface area contributed by atoms with E-state index in [9.17, 15) is 4.79 Å². The average molecular weight is 239 g/mol. The molecule has 1 N–H and O–H groups in total. The summed E-state index contributed by atoms with van der Waals surface area (Å²) in [4.78, 5) is 11.1. The Kier molecular flexibility index (Phi) is 3.71. The Labute approximate surface area is 100 Å². The molecule has 1 saturated heterocycles. The van der Waals surface area contributed by atoms with Crippen LogP contribution in [0.15, 0.2) is 23.8 Å². The molecule has 1 heterocycles. The number of nitrogens with one attached hydrogen (secondary N) is 1. The van der Waals surface area contributed by atoms with Gasteiger partial charge >= 0.3 is 0 Å². The maximum atomic E-state index is 11.1. The average Bonchev–Trinajstić information content (AvgIpc) is 2.64. The van der Waals surface area contributed by atoms with E-state index in [-0.39, 0.29) is 11.3 Å². The zero-order valence-corrected chi connectivity index (χ0v) is 10.4. The van der Waals surface area contributed by atoms with Crippen molar-refractivity contribution in [3.8, 4) is 0 Å². The molecule has 1 fully saturated rings. The van der Waals surface area contributed by atoms with E-state index in [2.05, 4.69) is 30.5 Å². The van der Waals surface area contributed by atoms with Crippen molar-refractivity contribution in [2.75, 3.05) is 12.9 Å². The molecule has 0 aromatic rings. The van der Waals surface area contributed by atoms with Gasteiger partial charge in [0.2, 0.25) is 0 Å². The van der Waals surface area contributed by atoms with Crippen molar-refractivity contribution < 1.29 is 9.53 Å².